The van der Waals surface area contributed by atoms with Crippen LogP contribution >= 0.6 is 0 Å². The van der Waals surface area contributed by atoms with Gasteiger partial charge in [0, 0.05) is 57.0 Å². The van der Waals surface area contributed by atoms with E-state index in [1.807, 2.05) is 17.0 Å². The Bertz CT molecular complexity index is 621. The molecule has 0 unspecified atom stereocenters. The summed E-state index contributed by atoms with van der Waals surface area (Å²) in [7, 11) is 0. The fourth-order valence-electron chi connectivity index (χ4n) is 3.74. The minimum absolute atomic E-state index is 0.0115. The van der Waals surface area contributed by atoms with Crippen molar-refractivity contribution in [1.29, 1.82) is 0 Å². The Morgan fingerprint density at radius 1 is 1.12 bits per heavy atom. The lowest BCUT2D eigenvalue weighted by atomic mass is 9.81. The Balaban J connectivity index is 1.41. The van der Waals surface area contributed by atoms with Gasteiger partial charge in [0.1, 0.15) is 0 Å². The number of carbonyl (C=O) groups excluding carboxylic acids is 3. The van der Waals surface area contributed by atoms with Gasteiger partial charge < -0.3 is 15.1 Å². The summed E-state index contributed by atoms with van der Waals surface area (Å²) in [6.45, 7) is 2.95. The molecule has 0 aromatic carbocycles. The predicted octanol–water partition coefficient (Wildman–Crippen LogP) is 0.805. The summed E-state index contributed by atoms with van der Waals surface area (Å²) in [6, 6.07) is 3.79. The third-order valence-corrected chi connectivity index (χ3v) is 5.41. The topological polar surface area (TPSA) is 82.6 Å². The zero-order valence-electron chi connectivity index (χ0n) is 15.0. The SMILES string of the molecule is O=CN1CCN(C(=O)C2CCC(C(=O)NCc3cccnc3)CC2)CC1. The van der Waals surface area contributed by atoms with Gasteiger partial charge in [0.2, 0.25) is 18.2 Å². The summed E-state index contributed by atoms with van der Waals surface area (Å²) in [5, 5.41) is 2.97. The molecule has 0 bridgehead atoms. The van der Waals surface area contributed by atoms with E-state index in [-0.39, 0.29) is 23.7 Å². The van der Waals surface area contributed by atoms with Crippen molar-refractivity contribution in [2.24, 2.45) is 11.8 Å². The maximum absolute atomic E-state index is 12.6. The van der Waals surface area contributed by atoms with Crippen LogP contribution in [0, 0.1) is 11.8 Å². The van der Waals surface area contributed by atoms with Crippen LogP contribution in [0.3, 0.4) is 0 Å². The van der Waals surface area contributed by atoms with Crippen LogP contribution in [0.15, 0.2) is 24.5 Å². The molecule has 2 aliphatic rings. The molecule has 0 atom stereocenters. The molecule has 1 aliphatic heterocycles. The van der Waals surface area contributed by atoms with E-state index in [1.165, 1.54) is 0 Å². The van der Waals surface area contributed by atoms with Crippen LogP contribution in [0.5, 0.6) is 0 Å². The molecule has 1 N–H and O–H groups in total. The second-order valence-electron chi connectivity index (χ2n) is 7.09. The van der Waals surface area contributed by atoms with E-state index in [2.05, 4.69) is 10.3 Å². The van der Waals surface area contributed by atoms with Crippen molar-refractivity contribution in [3.05, 3.63) is 30.1 Å². The van der Waals surface area contributed by atoms with Gasteiger partial charge in [0.25, 0.3) is 0 Å². The first kappa shape index (κ1) is 18.4. The highest BCUT2D eigenvalue weighted by Crippen LogP contribution is 2.30. The Morgan fingerprint density at radius 3 is 2.42 bits per heavy atom. The molecule has 140 valence electrons. The van der Waals surface area contributed by atoms with Crippen molar-refractivity contribution in [3.8, 4) is 0 Å². The van der Waals surface area contributed by atoms with E-state index in [0.717, 1.165) is 37.7 Å². The Kier molecular flexibility index (Phi) is 6.20. The number of pyridine rings is 1. The molecule has 0 radical (unpaired) electrons. The summed E-state index contributed by atoms with van der Waals surface area (Å²) in [5.41, 5.74) is 0.985. The first-order chi connectivity index (χ1) is 12.7. The lowest BCUT2D eigenvalue weighted by molar-refractivity contribution is -0.141. The molecule has 0 spiro atoms. The fraction of sp³-hybridized carbons (Fsp3) is 0.579. The molecule has 2 heterocycles. The average Bonchev–Trinajstić information content (AvgIpc) is 2.72. The van der Waals surface area contributed by atoms with Gasteiger partial charge in [-0.3, -0.25) is 19.4 Å². The molecule has 1 aromatic heterocycles. The van der Waals surface area contributed by atoms with Crippen LogP contribution in [0.25, 0.3) is 0 Å². The highest BCUT2D eigenvalue weighted by Gasteiger charge is 2.33. The van der Waals surface area contributed by atoms with Crippen LogP contribution in [-0.4, -0.2) is 59.2 Å². The first-order valence-electron chi connectivity index (χ1n) is 9.32. The van der Waals surface area contributed by atoms with Gasteiger partial charge >= 0.3 is 0 Å². The molecule has 1 saturated heterocycles. The first-order valence-corrected chi connectivity index (χ1v) is 9.32. The average molecular weight is 358 g/mol. The number of hydrogen-bond donors (Lipinski definition) is 1. The predicted molar refractivity (Wildman–Crippen MR) is 95.7 cm³/mol. The highest BCUT2D eigenvalue weighted by molar-refractivity contribution is 5.81. The molecule has 1 aliphatic carbocycles. The smallest absolute Gasteiger partial charge is 0.225 e. The van der Waals surface area contributed by atoms with Crippen molar-refractivity contribution < 1.29 is 14.4 Å². The molecule has 7 nitrogen and oxygen atoms in total. The number of nitrogens with zero attached hydrogens (tertiary/aromatic N) is 3. The molecule has 26 heavy (non-hydrogen) atoms. The van der Waals surface area contributed by atoms with Gasteiger partial charge in [0.15, 0.2) is 0 Å². The largest absolute Gasteiger partial charge is 0.352 e. The molecule has 3 rings (SSSR count). The van der Waals surface area contributed by atoms with Crippen molar-refractivity contribution in [2.45, 2.75) is 32.2 Å². The van der Waals surface area contributed by atoms with Crippen LogP contribution < -0.4 is 5.32 Å². The summed E-state index contributed by atoms with van der Waals surface area (Å²) in [4.78, 5) is 43.4. The lowest BCUT2D eigenvalue weighted by Crippen LogP contribution is -2.50. The second-order valence-corrected chi connectivity index (χ2v) is 7.09. The Morgan fingerprint density at radius 2 is 1.81 bits per heavy atom. The molecule has 1 aromatic rings. The number of carbonyl (C=O) groups is 3. The van der Waals surface area contributed by atoms with Crippen LogP contribution in [0.4, 0.5) is 0 Å². The molecule has 1 saturated carbocycles. The number of amides is 3. The van der Waals surface area contributed by atoms with E-state index >= 15 is 0 Å². The van der Waals surface area contributed by atoms with Gasteiger partial charge in [-0.25, -0.2) is 0 Å². The quantitative estimate of drug-likeness (QED) is 0.790. The van der Waals surface area contributed by atoms with E-state index in [1.54, 1.807) is 17.3 Å². The normalized spacial score (nSPS) is 23.4. The zero-order chi connectivity index (χ0) is 18.4. The molecular formula is C19H26N4O3. The molecule has 3 amide bonds. The Hall–Kier alpha value is -2.44. The number of rotatable bonds is 5. The van der Waals surface area contributed by atoms with Gasteiger partial charge in [-0.05, 0) is 37.3 Å². The summed E-state index contributed by atoms with van der Waals surface area (Å²) >= 11 is 0. The van der Waals surface area contributed by atoms with Gasteiger partial charge in [-0.1, -0.05) is 6.07 Å². The highest BCUT2D eigenvalue weighted by atomic mass is 16.2. The maximum atomic E-state index is 12.6. The lowest BCUT2D eigenvalue weighted by Gasteiger charge is -2.36. The van der Waals surface area contributed by atoms with Gasteiger partial charge in [-0.15, -0.1) is 0 Å². The minimum atomic E-state index is -0.0115. The third kappa shape index (κ3) is 4.59. The number of nitrogens with one attached hydrogen (secondary N) is 1. The van der Waals surface area contributed by atoms with Crippen molar-refractivity contribution in [3.63, 3.8) is 0 Å². The standard InChI is InChI=1S/C19H26N4O3/c24-14-22-8-10-23(11-9-22)19(26)17-5-3-16(4-6-17)18(25)21-13-15-2-1-7-20-12-15/h1-2,7,12,14,16-17H,3-6,8-11,13H2,(H,21,25). The third-order valence-electron chi connectivity index (χ3n) is 5.41. The van der Waals surface area contributed by atoms with Gasteiger partial charge in [0.05, 0.1) is 0 Å². The summed E-state index contributed by atoms with van der Waals surface area (Å²) in [6.07, 6.45) is 7.34. The van der Waals surface area contributed by atoms with Crippen LogP contribution in [0.2, 0.25) is 0 Å². The van der Waals surface area contributed by atoms with Gasteiger partial charge in [-0.2, -0.15) is 0 Å². The number of hydrogen-bond acceptors (Lipinski definition) is 4. The fourth-order valence-corrected chi connectivity index (χ4v) is 3.74. The van der Waals surface area contributed by atoms with Crippen LogP contribution in [-0.2, 0) is 20.9 Å². The van der Waals surface area contributed by atoms with Crippen molar-refractivity contribution in [1.82, 2.24) is 20.1 Å². The number of piperazine rings is 1. The molecule has 7 heteroatoms. The van der Waals surface area contributed by atoms with Crippen molar-refractivity contribution in [2.75, 3.05) is 26.2 Å². The van der Waals surface area contributed by atoms with Crippen LogP contribution in [0.1, 0.15) is 31.2 Å². The Labute approximate surface area is 153 Å². The molecule has 2 fully saturated rings. The summed E-state index contributed by atoms with van der Waals surface area (Å²) < 4.78 is 0. The van der Waals surface area contributed by atoms with E-state index in [9.17, 15) is 14.4 Å². The molecular weight excluding hydrogens is 332 g/mol. The van der Waals surface area contributed by atoms with E-state index in [4.69, 9.17) is 0 Å². The van der Waals surface area contributed by atoms with E-state index < -0.39 is 0 Å². The van der Waals surface area contributed by atoms with Crippen molar-refractivity contribution >= 4 is 18.2 Å². The maximum Gasteiger partial charge on any atom is 0.225 e. The van der Waals surface area contributed by atoms with E-state index in [0.29, 0.717) is 32.7 Å². The minimum Gasteiger partial charge on any atom is -0.352 e. The second kappa shape index (κ2) is 8.78. The summed E-state index contributed by atoms with van der Waals surface area (Å²) in [5.74, 6) is 0.256. The number of aromatic nitrogens is 1. The monoisotopic (exact) mass is 358 g/mol. The zero-order valence-corrected chi connectivity index (χ0v) is 15.0.